The summed E-state index contributed by atoms with van der Waals surface area (Å²) >= 11 is 5.90. The second-order valence-electron chi connectivity index (χ2n) is 3.95. The molecular formula is C12H12ClNO3. The summed E-state index contributed by atoms with van der Waals surface area (Å²) < 4.78 is 4.65. The number of carbonyl (C=O) groups is 2. The van der Waals surface area contributed by atoms with Crippen LogP contribution in [0, 0.1) is 0 Å². The molecule has 1 aromatic carbocycles. The number of benzene rings is 1. The molecule has 4 nitrogen and oxygen atoms in total. The van der Waals surface area contributed by atoms with Gasteiger partial charge in [0.15, 0.2) is 5.54 Å². The van der Waals surface area contributed by atoms with Crippen LogP contribution < -0.4 is 5.32 Å². The molecule has 0 spiro atoms. The van der Waals surface area contributed by atoms with Gasteiger partial charge in [-0.2, -0.15) is 0 Å². The van der Waals surface area contributed by atoms with Crippen LogP contribution in [0.15, 0.2) is 30.3 Å². The molecular weight excluding hydrogens is 242 g/mol. The van der Waals surface area contributed by atoms with E-state index < -0.39 is 16.9 Å². The Kier molecular flexibility index (Phi) is 3.07. The lowest BCUT2D eigenvalue weighted by Gasteiger charge is -2.15. The summed E-state index contributed by atoms with van der Waals surface area (Å²) in [6, 6.07) is 8.67. The molecule has 17 heavy (non-hydrogen) atoms. The van der Waals surface area contributed by atoms with Gasteiger partial charge in [-0.25, -0.2) is 4.79 Å². The molecule has 1 aliphatic carbocycles. The summed E-state index contributed by atoms with van der Waals surface area (Å²) in [5.41, 5.74) is -0.560. The van der Waals surface area contributed by atoms with E-state index in [2.05, 4.69) is 10.1 Å². The molecule has 90 valence electrons. The van der Waals surface area contributed by atoms with Crippen molar-refractivity contribution < 1.29 is 14.3 Å². The Bertz CT molecular complexity index is 448. The van der Waals surface area contributed by atoms with Crippen LogP contribution in [0.3, 0.4) is 0 Å². The zero-order valence-corrected chi connectivity index (χ0v) is 10.0. The topological polar surface area (TPSA) is 55.4 Å². The largest absolute Gasteiger partial charge is 0.467 e. The number of ether oxygens (including phenoxy) is 1. The van der Waals surface area contributed by atoms with E-state index in [9.17, 15) is 9.59 Å². The third-order valence-corrected chi connectivity index (χ3v) is 3.32. The molecule has 0 aromatic heterocycles. The van der Waals surface area contributed by atoms with Crippen molar-refractivity contribution in [2.75, 3.05) is 7.11 Å². The minimum Gasteiger partial charge on any atom is -0.467 e. The number of alkyl halides is 1. The number of amides is 1. The summed E-state index contributed by atoms with van der Waals surface area (Å²) in [7, 11) is 1.28. The van der Waals surface area contributed by atoms with Crippen molar-refractivity contribution in [1.29, 1.82) is 0 Å². The van der Waals surface area contributed by atoms with Crippen molar-refractivity contribution in [2.24, 2.45) is 0 Å². The van der Waals surface area contributed by atoms with Gasteiger partial charge in [-0.3, -0.25) is 4.79 Å². The maximum Gasteiger partial charge on any atom is 0.333 e. The lowest BCUT2D eigenvalue weighted by molar-refractivity contribution is -0.144. The highest BCUT2D eigenvalue weighted by atomic mass is 35.5. The molecule has 2 unspecified atom stereocenters. The van der Waals surface area contributed by atoms with Gasteiger partial charge in [0.2, 0.25) is 0 Å². The molecule has 2 atom stereocenters. The Balaban J connectivity index is 2.11. The van der Waals surface area contributed by atoms with Crippen molar-refractivity contribution >= 4 is 23.5 Å². The van der Waals surface area contributed by atoms with Crippen LogP contribution in [-0.4, -0.2) is 29.9 Å². The molecule has 1 N–H and O–H groups in total. The summed E-state index contributed by atoms with van der Waals surface area (Å²) in [5.74, 6) is -0.819. The highest BCUT2D eigenvalue weighted by molar-refractivity contribution is 6.27. The standard InChI is InChI=1S/C12H12ClNO3/c1-17-11(16)12(7-9(12)13)14-10(15)8-5-3-2-4-6-8/h2-6,9H,7H2,1H3,(H,14,15). The van der Waals surface area contributed by atoms with E-state index in [1.165, 1.54) is 7.11 Å². The molecule has 2 rings (SSSR count). The lowest BCUT2D eigenvalue weighted by Crippen LogP contribution is -2.46. The predicted molar refractivity (Wildman–Crippen MR) is 62.9 cm³/mol. The second-order valence-corrected chi connectivity index (χ2v) is 4.48. The van der Waals surface area contributed by atoms with Crippen molar-refractivity contribution in [1.82, 2.24) is 5.32 Å². The molecule has 0 heterocycles. The number of carbonyl (C=O) groups excluding carboxylic acids is 2. The van der Waals surface area contributed by atoms with Gasteiger partial charge >= 0.3 is 5.97 Å². The Morgan fingerprint density at radius 2 is 2.00 bits per heavy atom. The van der Waals surface area contributed by atoms with E-state index in [1.54, 1.807) is 24.3 Å². The van der Waals surface area contributed by atoms with E-state index in [4.69, 9.17) is 11.6 Å². The third-order valence-electron chi connectivity index (χ3n) is 2.80. The van der Waals surface area contributed by atoms with E-state index in [0.29, 0.717) is 12.0 Å². The van der Waals surface area contributed by atoms with E-state index in [1.807, 2.05) is 6.07 Å². The molecule has 0 radical (unpaired) electrons. The summed E-state index contributed by atoms with van der Waals surface area (Å²) in [6.07, 6.45) is 0.403. The van der Waals surface area contributed by atoms with Crippen molar-refractivity contribution in [3.63, 3.8) is 0 Å². The van der Waals surface area contributed by atoms with Crippen LogP contribution in [0.25, 0.3) is 0 Å². The average molecular weight is 254 g/mol. The molecule has 0 bridgehead atoms. The monoisotopic (exact) mass is 253 g/mol. The highest BCUT2D eigenvalue weighted by Crippen LogP contribution is 2.42. The normalized spacial score (nSPS) is 26.1. The smallest absolute Gasteiger partial charge is 0.333 e. The quantitative estimate of drug-likeness (QED) is 0.653. The van der Waals surface area contributed by atoms with Crippen LogP contribution in [0.2, 0.25) is 0 Å². The SMILES string of the molecule is COC(=O)C1(NC(=O)c2ccccc2)CC1Cl. The summed E-state index contributed by atoms with van der Waals surface area (Å²) in [6.45, 7) is 0. The fourth-order valence-electron chi connectivity index (χ4n) is 1.66. The molecule has 1 saturated carbocycles. The van der Waals surface area contributed by atoms with Gasteiger partial charge in [-0.1, -0.05) is 18.2 Å². The predicted octanol–water partition coefficient (Wildman–Crippen LogP) is 1.34. The van der Waals surface area contributed by atoms with Crippen molar-refractivity contribution in [3.05, 3.63) is 35.9 Å². The lowest BCUT2D eigenvalue weighted by atomic mass is 10.2. The first-order chi connectivity index (χ1) is 8.10. The molecule has 1 amide bonds. The molecule has 1 aromatic rings. The highest BCUT2D eigenvalue weighted by Gasteiger charge is 2.62. The average Bonchev–Trinajstić information content (AvgIpc) is 3.01. The van der Waals surface area contributed by atoms with Crippen molar-refractivity contribution in [2.45, 2.75) is 17.3 Å². The first-order valence-electron chi connectivity index (χ1n) is 5.20. The summed E-state index contributed by atoms with van der Waals surface area (Å²) in [4.78, 5) is 23.4. The molecule has 1 aliphatic rings. The number of methoxy groups -OCH3 is 1. The maximum atomic E-state index is 11.9. The first kappa shape index (κ1) is 11.9. The zero-order chi connectivity index (χ0) is 12.5. The minimum absolute atomic E-state index is 0.320. The van der Waals surface area contributed by atoms with Crippen molar-refractivity contribution in [3.8, 4) is 0 Å². The van der Waals surface area contributed by atoms with Gasteiger partial charge in [0.05, 0.1) is 12.5 Å². The van der Waals surface area contributed by atoms with Crippen LogP contribution in [0.1, 0.15) is 16.8 Å². The number of hydrogen-bond acceptors (Lipinski definition) is 3. The number of nitrogens with one attached hydrogen (secondary N) is 1. The Hall–Kier alpha value is -1.55. The van der Waals surface area contributed by atoms with Gasteiger partial charge in [0.1, 0.15) is 0 Å². The number of hydrogen-bond donors (Lipinski definition) is 1. The Morgan fingerprint density at radius 3 is 2.47 bits per heavy atom. The van der Waals surface area contributed by atoms with Gasteiger partial charge in [0, 0.05) is 12.0 Å². The first-order valence-corrected chi connectivity index (χ1v) is 5.64. The van der Waals surface area contributed by atoms with Gasteiger partial charge in [-0.15, -0.1) is 11.6 Å². The van der Waals surface area contributed by atoms with E-state index in [0.717, 1.165) is 0 Å². The van der Waals surface area contributed by atoms with Gasteiger partial charge < -0.3 is 10.1 Å². The zero-order valence-electron chi connectivity index (χ0n) is 9.27. The van der Waals surface area contributed by atoms with E-state index >= 15 is 0 Å². The Labute approximate surface area is 104 Å². The van der Waals surface area contributed by atoms with Crippen LogP contribution >= 0.6 is 11.6 Å². The number of halogens is 1. The maximum absolute atomic E-state index is 11.9. The van der Waals surface area contributed by atoms with E-state index in [-0.39, 0.29) is 5.91 Å². The molecule has 1 fully saturated rings. The Morgan fingerprint density at radius 1 is 1.41 bits per heavy atom. The minimum atomic E-state index is -1.05. The number of esters is 1. The molecule has 5 heteroatoms. The molecule has 0 aliphatic heterocycles. The fourth-order valence-corrected chi connectivity index (χ4v) is 2.05. The van der Waals surface area contributed by atoms with Crippen LogP contribution in [0.4, 0.5) is 0 Å². The molecule has 0 saturated heterocycles. The van der Waals surface area contributed by atoms with Gasteiger partial charge in [-0.05, 0) is 12.1 Å². The van der Waals surface area contributed by atoms with Gasteiger partial charge in [0.25, 0.3) is 5.91 Å². The number of rotatable bonds is 3. The van der Waals surface area contributed by atoms with Crippen LogP contribution in [0.5, 0.6) is 0 Å². The van der Waals surface area contributed by atoms with Crippen LogP contribution in [-0.2, 0) is 9.53 Å². The third kappa shape index (κ3) is 2.13. The summed E-state index contributed by atoms with van der Waals surface area (Å²) in [5, 5.41) is 2.24. The second kappa shape index (κ2) is 4.37. The fraction of sp³-hybridized carbons (Fsp3) is 0.333.